The number of primary amides is 1. The number of carbonyl (C=O) groups excluding carboxylic acids is 3. The summed E-state index contributed by atoms with van der Waals surface area (Å²) in [4.78, 5) is 35.9. The van der Waals surface area contributed by atoms with Crippen molar-refractivity contribution >= 4 is 35.2 Å². The number of nitrogens with two attached hydrogens (primary N) is 1. The number of nitrogens with one attached hydrogen (secondary N) is 2. The van der Waals surface area contributed by atoms with Gasteiger partial charge in [-0.15, -0.1) is 0 Å². The Labute approximate surface area is 172 Å². The molecule has 150 valence electrons. The van der Waals surface area contributed by atoms with Gasteiger partial charge in [-0.2, -0.15) is 5.26 Å². The first-order valence-corrected chi connectivity index (χ1v) is 8.99. The van der Waals surface area contributed by atoms with Crippen molar-refractivity contribution < 1.29 is 19.1 Å². The monoisotopic (exact) mass is 414 g/mol. The molecule has 29 heavy (non-hydrogen) atoms. The quantitative estimate of drug-likeness (QED) is 0.599. The number of nitriles is 1. The Hall–Kier alpha value is -3.57. The van der Waals surface area contributed by atoms with Crippen molar-refractivity contribution in [3.63, 3.8) is 0 Å². The highest BCUT2D eigenvalue weighted by atomic mass is 35.5. The molecule has 2 aromatic carbocycles. The van der Waals surface area contributed by atoms with Gasteiger partial charge in [-0.25, -0.2) is 4.79 Å². The Kier molecular flexibility index (Phi) is 7.57. The largest absolute Gasteiger partial charge is 0.452 e. The SMILES string of the molecule is C[C@H](OC(=O)C[C@H](NC(N)=O)c1ccccc1Cl)C(=O)Nc1cccc(C#N)c1. The van der Waals surface area contributed by atoms with Crippen LogP contribution in [0.25, 0.3) is 0 Å². The van der Waals surface area contributed by atoms with Crippen molar-refractivity contribution in [2.45, 2.75) is 25.5 Å². The third kappa shape index (κ3) is 6.52. The molecule has 0 radical (unpaired) electrons. The van der Waals surface area contributed by atoms with Crippen LogP contribution in [0.15, 0.2) is 48.5 Å². The molecule has 0 bridgehead atoms. The average Bonchev–Trinajstić information content (AvgIpc) is 2.67. The van der Waals surface area contributed by atoms with E-state index in [4.69, 9.17) is 27.3 Å². The van der Waals surface area contributed by atoms with Crippen LogP contribution in [0, 0.1) is 11.3 Å². The molecule has 0 aliphatic heterocycles. The Morgan fingerprint density at radius 3 is 2.59 bits per heavy atom. The van der Waals surface area contributed by atoms with Gasteiger partial charge in [0.1, 0.15) is 0 Å². The molecule has 2 aromatic rings. The lowest BCUT2D eigenvalue weighted by Crippen LogP contribution is -2.36. The first-order valence-electron chi connectivity index (χ1n) is 8.61. The molecule has 8 nitrogen and oxygen atoms in total. The second kappa shape index (κ2) is 10.1. The zero-order valence-electron chi connectivity index (χ0n) is 15.5. The minimum Gasteiger partial charge on any atom is -0.452 e. The van der Waals surface area contributed by atoms with Gasteiger partial charge in [-0.1, -0.05) is 35.9 Å². The number of carbonyl (C=O) groups is 3. The summed E-state index contributed by atoms with van der Waals surface area (Å²) in [6, 6.07) is 13.3. The minimum absolute atomic E-state index is 0.270. The van der Waals surface area contributed by atoms with Crippen molar-refractivity contribution in [3.05, 3.63) is 64.7 Å². The Bertz CT molecular complexity index is 957. The molecule has 0 saturated carbocycles. The van der Waals surface area contributed by atoms with Gasteiger partial charge in [0.25, 0.3) is 5.91 Å². The Morgan fingerprint density at radius 1 is 1.21 bits per heavy atom. The van der Waals surface area contributed by atoms with Gasteiger partial charge in [-0.3, -0.25) is 9.59 Å². The molecule has 0 spiro atoms. The molecule has 3 amide bonds. The second-order valence-corrected chi connectivity index (χ2v) is 6.51. The highest BCUT2D eigenvalue weighted by Gasteiger charge is 2.24. The topological polar surface area (TPSA) is 134 Å². The fourth-order valence-corrected chi connectivity index (χ4v) is 2.81. The van der Waals surface area contributed by atoms with E-state index in [-0.39, 0.29) is 6.42 Å². The van der Waals surface area contributed by atoms with E-state index in [2.05, 4.69) is 10.6 Å². The molecule has 0 fully saturated rings. The third-order valence-corrected chi connectivity index (χ3v) is 4.25. The third-order valence-electron chi connectivity index (χ3n) is 3.90. The summed E-state index contributed by atoms with van der Waals surface area (Å²) in [5.74, 6) is -1.29. The van der Waals surface area contributed by atoms with E-state index < -0.39 is 30.1 Å². The normalized spacial score (nSPS) is 12.2. The van der Waals surface area contributed by atoms with Crippen LogP contribution in [0.5, 0.6) is 0 Å². The molecule has 0 aromatic heterocycles. The summed E-state index contributed by atoms with van der Waals surface area (Å²) in [5.41, 5.74) is 6.46. The lowest BCUT2D eigenvalue weighted by molar-refractivity contribution is -0.153. The summed E-state index contributed by atoms with van der Waals surface area (Å²) < 4.78 is 5.16. The Balaban J connectivity index is 2.01. The van der Waals surface area contributed by atoms with Crippen molar-refractivity contribution in [1.29, 1.82) is 5.26 Å². The number of amides is 3. The van der Waals surface area contributed by atoms with E-state index in [9.17, 15) is 14.4 Å². The summed E-state index contributed by atoms with van der Waals surface area (Å²) in [6.45, 7) is 1.41. The average molecular weight is 415 g/mol. The molecule has 0 aliphatic carbocycles. The van der Waals surface area contributed by atoms with Crippen LogP contribution in [-0.2, 0) is 14.3 Å². The molecule has 2 rings (SSSR count). The zero-order chi connectivity index (χ0) is 21.4. The molecule has 0 unspecified atom stereocenters. The van der Waals surface area contributed by atoms with Crippen molar-refractivity contribution in [3.8, 4) is 6.07 Å². The van der Waals surface area contributed by atoms with Crippen LogP contribution in [-0.4, -0.2) is 24.0 Å². The molecule has 0 saturated heterocycles. The van der Waals surface area contributed by atoms with Crippen LogP contribution >= 0.6 is 11.6 Å². The number of ether oxygens (including phenoxy) is 1. The molecule has 9 heteroatoms. The van der Waals surface area contributed by atoms with Crippen LogP contribution in [0.1, 0.15) is 30.5 Å². The number of nitrogens with zero attached hydrogens (tertiary/aromatic N) is 1. The fourth-order valence-electron chi connectivity index (χ4n) is 2.54. The summed E-state index contributed by atoms with van der Waals surface area (Å²) >= 11 is 6.13. The van der Waals surface area contributed by atoms with E-state index in [1.54, 1.807) is 42.5 Å². The fraction of sp³-hybridized carbons (Fsp3) is 0.200. The van der Waals surface area contributed by atoms with Crippen molar-refractivity contribution in [2.75, 3.05) is 5.32 Å². The molecule has 0 heterocycles. The Morgan fingerprint density at radius 2 is 1.93 bits per heavy atom. The van der Waals surface area contributed by atoms with Crippen molar-refractivity contribution in [2.24, 2.45) is 5.73 Å². The number of esters is 1. The van der Waals surface area contributed by atoms with E-state index in [1.807, 2.05) is 6.07 Å². The van der Waals surface area contributed by atoms with E-state index in [0.717, 1.165) is 0 Å². The van der Waals surface area contributed by atoms with Gasteiger partial charge < -0.3 is 21.1 Å². The lowest BCUT2D eigenvalue weighted by Gasteiger charge is -2.20. The predicted octanol–water partition coefficient (Wildman–Crippen LogP) is 2.88. The van der Waals surface area contributed by atoms with Gasteiger partial charge in [0.15, 0.2) is 6.10 Å². The number of rotatable bonds is 7. The van der Waals surface area contributed by atoms with Gasteiger partial charge in [0, 0.05) is 10.7 Å². The second-order valence-electron chi connectivity index (χ2n) is 6.10. The number of halogens is 1. The van der Waals surface area contributed by atoms with Crippen molar-refractivity contribution in [1.82, 2.24) is 5.32 Å². The molecular weight excluding hydrogens is 396 g/mol. The van der Waals surface area contributed by atoms with E-state index >= 15 is 0 Å². The van der Waals surface area contributed by atoms with Gasteiger partial charge in [-0.05, 0) is 36.8 Å². The number of anilines is 1. The van der Waals surface area contributed by atoms with Crippen LogP contribution in [0.2, 0.25) is 5.02 Å². The minimum atomic E-state index is -1.10. The highest BCUT2D eigenvalue weighted by Crippen LogP contribution is 2.25. The standard InChI is InChI=1S/C20H19ClN4O4/c1-12(19(27)24-14-6-4-5-13(9-14)11-22)29-18(26)10-17(25-20(23)28)15-7-2-3-8-16(15)21/h2-9,12,17H,10H2,1H3,(H,24,27)(H3,23,25,28)/t12-,17-/m0/s1. The maximum absolute atomic E-state index is 12.3. The number of hydrogen-bond acceptors (Lipinski definition) is 5. The summed E-state index contributed by atoms with van der Waals surface area (Å²) in [6.07, 6.45) is -1.37. The van der Waals surface area contributed by atoms with Crippen LogP contribution in [0.4, 0.5) is 10.5 Å². The summed E-state index contributed by atoms with van der Waals surface area (Å²) in [7, 11) is 0. The first-order chi connectivity index (χ1) is 13.8. The van der Waals surface area contributed by atoms with E-state index in [0.29, 0.717) is 21.8 Å². The maximum atomic E-state index is 12.3. The smallest absolute Gasteiger partial charge is 0.312 e. The number of urea groups is 1. The maximum Gasteiger partial charge on any atom is 0.312 e. The van der Waals surface area contributed by atoms with Gasteiger partial charge in [0.2, 0.25) is 0 Å². The molecule has 0 aliphatic rings. The first kappa shape index (κ1) is 21.7. The molecule has 4 N–H and O–H groups in total. The summed E-state index contributed by atoms with van der Waals surface area (Å²) in [5, 5.41) is 14.3. The van der Waals surface area contributed by atoms with E-state index in [1.165, 1.54) is 13.0 Å². The zero-order valence-corrected chi connectivity index (χ0v) is 16.3. The number of hydrogen-bond donors (Lipinski definition) is 3. The molecule has 2 atom stereocenters. The number of benzene rings is 2. The molecular formula is C20H19ClN4O4. The lowest BCUT2D eigenvalue weighted by atomic mass is 10.0. The predicted molar refractivity (Wildman–Crippen MR) is 107 cm³/mol. The van der Waals surface area contributed by atoms with Crippen LogP contribution < -0.4 is 16.4 Å². The van der Waals surface area contributed by atoms with Gasteiger partial charge >= 0.3 is 12.0 Å². The van der Waals surface area contributed by atoms with Gasteiger partial charge in [0.05, 0.1) is 24.1 Å². The van der Waals surface area contributed by atoms with Crippen LogP contribution in [0.3, 0.4) is 0 Å². The highest BCUT2D eigenvalue weighted by molar-refractivity contribution is 6.31.